The summed E-state index contributed by atoms with van der Waals surface area (Å²) in [4.78, 5) is 4.79. The van der Waals surface area contributed by atoms with E-state index in [1.54, 1.807) is 0 Å². The molecule has 0 atom stereocenters. The summed E-state index contributed by atoms with van der Waals surface area (Å²) in [5, 5.41) is 15.7. The number of hydrogen-bond donors (Lipinski definition) is 2. The minimum atomic E-state index is 0.460. The van der Waals surface area contributed by atoms with E-state index in [4.69, 9.17) is 4.99 Å². The first-order valence-electron chi connectivity index (χ1n) is 10.2. The van der Waals surface area contributed by atoms with E-state index in [9.17, 15) is 0 Å². The first kappa shape index (κ1) is 18.2. The van der Waals surface area contributed by atoms with Crippen LogP contribution in [-0.4, -0.2) is 33.8 Å². The van der Waals surface area contributed by atoms with E-state index in [0.29, 0.717) is 12.0 Å². The molecule has 3 rings (SSSR count). The van der Waals surface area contributed by atoms with Crippen LogP contribution >= 0.6 is 0 Å². The van der Waals surface area contributed by atoms with Crippen LogP contribution in [0.3, 0.4) is 0 Å². The van der Waals surface area contributed by atoms with Crippen LogP contribution in [0.1, 0.15) is 76.9 Å². The minimum Gasteiger partial charge on any atom is -0.357 e. The van der Waals surface area contributed by atoms with Gasteiger partial charge in [-0.05, 0) is 44.4 Å². The molecule has 0 amide bonds. The number of aromatic nitrogens is 3. The molecule has 0 aromatic carbocycles. The first-order valence-corrected chi connectivity index (χ1v) is 10.2. The third-order valence-corrected chi connectivity index (χ3v) is 5.95. The highest BCUT2D eigenvalue weighted by atomic mass is 15.3. The Morgan fingerprint density at radius 1 is 1.08 bits per heavy atom. The van der Waals surface area contributed by atoms with Crippen LogP contribution < -0.4 is 10.6 Å². The third-order valence-electron chi connectivity index (χ3n) is 5.95. The molecule has 1 aromatic rings. The van der Waals surface area contributed by atoms with Crippen molar-refractivity contribution in [2.45, 2.75) is 84.7 Å². The number of hydrogen-bond acceptors (Lipinski definition) is 3. The summed E-state index contributed by atoms with van der Waals surface area (Å²) in [5.74, 6) is 3.05. The fourth-order valence-corrected chi connectivity index (χ4v) is 4.21. The Balaban J connectivity index is 1.63. The van der Waals surface area contributed by atoms with Gasteiger partial charge in [-0.3, -0.25) is 0 Å². The molecular weight excluding hydrogens is 312 g/mol. The number of nitrogens with zero attached hydrogens (tertiary/aromatic N) is 4. The van der Waals surface area contributed by atoms with Gasteiger partial charge in [0, 0.05) is 26.1 Å². The minimum absolute atomic E-state index is 0.460. The molecule has 1 aliphatic carbocycles. The predicted octanol–water partition coefficient (Wildman–Crippen LogP) is 3.03. The monoisotopic (exact) mass is 346 g/mol. The van der Waals surface area contributed by atoms with E-state index in [-0.39, 0.29) is 0 Å². The van der Waals surface area contributed by atoms with Gasteiger partial charge in [0.1, 0.15) is 12.4 Å². The molecule has 1 fully saturated rings. The van der Waals surface area contributed by atoms with Crippen LogP contribution in [0, 0.1) is 5.41 Å². The lowest BCUT2D eigenvalue weighted by molar-refractivity contribution is 0.283. The fourth-order valence-electron chi connectivity index (χ4n) is 4.21. The molecule has 0 unspecified atom stereocenters. The van der Waals surface area contributed by atoms with Gasteiger partial charge in [0.25, 0.3) is 0 Å². The van der Waals surface area contributed by atoms with Crippen molar-refractivity contribution in [3.63, 3.8) is 0 Å². The van der Waals surface area contributed by atoms with Crippen LogP contribution in [0.2, 0.25) is 0 Å². The fraction of sp³-hybridized carbons (Fsp3) is 0.842. The highest BCUT2D eigenvalue weighted by molar-refractivity contribution is 5.79. The van der Waals surface area contributed by atoms with Gasteiger partial charge >= 0.3 is 0 Å². The Bertz CT molecular complexity index is 570. The van der Waals surface area contributed by atoms with Crippen LogP contribution in [0.4, 0.5) is 0 Å². The van der Waals surface area contributed by atoms with Crippen molar-refractivity contribution in [1.82, 2.24) is 25.4 Å². The largest absolute Gasteiger partial charge is 0.357 e. The van der Waals surface area contributed by atoms with E-state index >= 15 is 0 Å². The second-order valence-electron chi connectivity index (χ2n) is 7.60. The third kappa shape index (κ3) is 4.53. The van der Waals surface area contributed by atoms with E-state index < -0.39 is 0 Å². The molecular formula is C19H34N6. The van der Waals surface area contributed by atoms with Gasteiger partial charge in [0.2, 0.25) is 0 Å². The summed E-state index contributed by atoms with van der Waals surface area (Å²) in [6.45, 7) is 7.97. The molecule has 25 heavy (non-hydrogen) atoms. The van der Waals surface area contributed by atoms with E-state index in [1.807, 2.05) is 0 Å². The molecule has 1 aliphatic heterocycles. The van der Waals surface area contributed by atoms with Crippen LogP contribution in [-0.2, 0) is 19.5 Å². The van der Waals surface area contributed by atoms with E-state index in [1.165, 1.54) is 51.4 Å². The first-order chi connectivity index (χ1) is 12.3. The molecule has 1 saturated carbocycles. The maximum Gasteiger partial charge on any atom is 0.191 e. The lowest BCUT2D eigenvalue weighted by Gasteiger charge is -2.28. The smallest absolute Gasteiger partial charge is 0.191 e. The quantitative estimate of drug-likeness (QED) is 0.614. The Kier molecular flexibility index (Phi) is 6.32. The highest BCUT2D eigenvalue weighted by Gasteiger charge is 2.31. The zero-order valence-electron chi connectivity index (χ0n) is 16.0. The molecule has 0 saturated heterocycles. The average molecular weight is 347 g/mol. The topological polar surface area (TPSA) is 67.1 Å². The normalized spacial score (nSPS) is 20.2. The Hall–Kier alpha value is -1.59. The number of aryl methyl sites for hydroxylation is 1. The standard InChI is InChI=1S/C19H34N6/c1-3-19(11-7-8-12-19)15-22-18(20-4-2)21-14-17-24-23-16-10-6-5-9-13-25(16)17/h3-15H2,1-2H3,(H2,20,21,22). The Morgan fingerprint density at radius 2 is 1.92 bits per heavy atom. The molecule has 0 bridgehead atoms. The summed E-state index contributed by atoms with van der Waals surface area (Å²) >= 11 is 0. The van der Waals surface area contributed by atoms with Crippen molar-refractivity contribution in [1.29, 1.82) is 0 Å². The lowest BCUT2D eigenvalue weighted by Crippen LogP contribution is -2.42. The number of aliphatic imine (C=N–C) groups is 1. The Labute approximate surface area is 151 Å². The molecule has 6 heteroatoms. The maximum absolute atomic E-state index is 4.79. The van der Waals surface area contributed by atoms with Gasteiger partial charge < -0.3 is 15.2 Å². The maximum atomic E-state index is 4.79. The number of guanidine groups is 1. The molecule has 0 spiro atoms. The van der Waals surface area contributed by atoms with E-state index in [2.05, 4.69) is 39.2 Å². The summed E-state index contributed by atoms with van der Waals surface area (Å²) < 4.78 is 2.28. The second-order valence-corrected chi connectivity index (χ2v) is 7.60. The van der Waals surface area contributed by atoms with Gasteiger partial charge in [0.05, 0.1) is 0 Å². The molecule has 6 nitrogen and oxygen atoms in total. The molecule has 140 valence electrons. The molecule has 1 aromatic heterocycles. The average Bonchev–Trinajstić information content (AvgIpc) is 3.19. The highest BCUT2D eigenvalue weighted by Crippen LogP contribution is 2.40. The zero-order chi connectivity index (χ0) is 17.5. The Morgan fingerprint density at radius 3 is 2.68 bits per heavy atom. The summed E-state index contributed by atoms with van der Waals surface area (Å²) in [6.07, 6.45) is 11.5. The van der Waals surface area contributed by atoms with Crippen LogP contribution in [0.5, 0.6) is 0 Å². The zero-order valence-corrected chi connectivity index (χ0v) is 16.0. The summed E-state index contributed by atoms with van der Waals surface area (Å²) in [5.41, 5.74) is 0.460. The van der Waals surface area contributed by atoms with Gasteiger partial charge in [-0.2, -0.15) is 0 Å². The number of rotatable bonds is 6. The summed E-state index contributed by atoms with van der Waals surface area (Å²) in [7, 11) is 0. The van der Waals surface area contributed by atoms with Crippen molar-refractivity contribution in [2.24, 2.45) is 10.4 Å². The van der Waals surface area contributed by atoms with Gasteiger partial charge in [0.15, 0.2) is 11.8 Å². The van der Waals surface area contributed by atoms with Gasteiger partial charge in [-0.15, -0.1) is 10.2 Å². The molecule has 0 radical (unpaired) electrons. The molecule has 2 N–H and O–H groups in total. The van der Waals surface area contributed by atoms with Crippen molar-refractivity contribution in [3.8, 4) is 0 Å². The van der Waals surface area contributed by atoms with Crippen LogP contribution in [0.15, 0.2) is 4.99 Å². The molecule has 2 heterocycles. The van der Waals surface area contributed by atoms with Crippen molar-refractivity contribution in [2.75, 3.05) is 13.1 Å². The molecule has 2 aliphatic rings. The lowest BCUT2D eigenvalue weighted by atomic mass is 9.83. The van der Waals surface area contributed by atoms with E-state index in [0.717, 1.165) is 43.7 Å². The van der Waals surface area contributed by atoms with Crippen LogP contribution in [0.25, 0.3) is 0 Å². The van der Waals surface area contributed by atoms with Crippen molar-refractivity contribution < 1.29 is 0 Å². The van der Waals surface area contributed by atoms with Gasteiger partial charge in [-0.1, -0.05) is 26.2 Å². The second kappa shape index (κ2) is 8.68. The predicted molar refractivity (Wildman–Crippen MR) is 102 cm³/mol. The number of nitrogens with one attached hydrogen (secondary N) is 2. The van der Waals surface area contributed by atoms with Crippen molar-refractivity contribution in [3.05, 3.63) is 11.6 Å². The SMILES string of the molecule is CCNC(=NCc1nnc2n1CCCCC2)NCC1(CC)CCCC1. The van der Waals surface area contributed by atoms with Crippen molar-refractivity contribution >= 4 is 5.96 Å². The summed E-state index contributed by atoms with van der Waals surface area (Å²) in [6, 6.07) is 0. The number of fused-ring (bicyclic) bond motifs is 1. The van der Waals surface area contributed by atoms with Gasteiger partial charge in [-0.25, -0.2) is 4.99 Å².